The van der Waals surface area contributed by atoms with Crippen molar-refractivity contribution in [3.63, 3.8) is 0 Å². The normalized spacial score (nSPS) is 18.5. The van der Waals surface area contributed by atoms with Crippen molar-refractivity contribution in [2.75, 3.05) is 26.2 Å². The Kier molecular flexibility index (Phi) is 6.27. The molecule has 0 aromatic heterocycles. The Balaban J connectivity index is 2.52. The molecule has 7 heteroatoms. The van der Waals surface area contributed by atoms with E-state index < -0.39 is 18.0 Å². The number of hydrogen-bond acceptors (Lipinski definition) is 3. The van der Waals surface area contributed by atoms with Crippen LogP contribution in [-0.4, -0.2) is 65.0 Å². The van der Waals surface area contributed by atoms with Crippen LogP contribution < -0.4 is 5.32 Å². The van der Waals surface area contributed by atoms with Crippen molar-refractivity contribution in [3.05, 3.63) is 0 Å². The van der Waals surface area contributed by atoms with Crippen molar-refractivity contribution in [2.24, 2.45) is 0 Å². The fourth-order valence-corrected chi connectivity index (χ4v) is 2.37. The molecule has 1 atom stereocenters. The van der Waals surface area contributed by atoms with Gasteiger partial charge in [-0.2, -0.15) is 0 Å². The number of hydrogen-bond donors (Lipinski definition) is 2. The summed E-state index contributed by atoms with van der Waals surface area (Å²) in [4.78, 5) is 37.8. The predicted molar refractivity (Wildman–Crippen MR) is 73.3 cm³/mol. The lowest BCUT2D eigenvalue weighted by Crippen LogP contribution is -2.53. The lowest BCUT2D eigenvalue weighted by Gasteiger charge is -2.33. The molecule has 1 aliphatic heterocycles. The Bertz CT molecular complexity index is 369. The molecule has 1 saturated heterocycles. The van der Waals surface area contributed by atoms with Gasteiger partial charge in [0.1, 0.15) is 6.04 Å². The van der Waals surface area contributed by atoms with Gasteiger partial charge in [-0.1, -0.05) is 0 Å². The van der Waals surface area contributed by atoms with E-state index in [-0.39, 0.29) is 12.5 Å². The molecule has 1 heterocycles. The number of urea groups is 1. The SMILES string of the molecule is CCN(CC)C(=O)CNC(=O)N1CCCCC1C(=O)O. The minimum atomic E-state index is -0.991. The van der Waals surface area contributed by atoms with Crippen LogP contribution in [0.15, 0.2) is 0 Å². The summed E-state index contributed by atoms with van der Waals surface area (Å²) in [6, 6.07) is -1.26. The van der Waals surface area contributed by atoms with Crippen molar-refractivity contribution >= 4 is 17.9 Å². The molecule has 114 valence electrons. The first-order valence-electron chi connectivity index (χ1n) is 7.06. The van der Waals surface area contributed by atoms with Crippen LogP contribution in [0.2, 0.25) is 0 Å². The van der Waals surface area contributed by atoms with Gasteiger partial charge in [0.25, 0.3) is 0 Å². The van der Waals surface area contributed by atoms with E-state index >= 15 is 0 Å². The maximum atomic E-state index is 12.0. The monoisotopic (exact) mass is 285 g/mol. The van der Waals surface area contributed by atoms with Gasteiger partial charge < -0.3 is 20.2 Å². The summed E-state index contributed by atoms with van der Waals surface area (Å²) in [5.74, 6) is -1.15. The second kappa shape index (κ2) is 7.72. The molecule has 1 unspecified atom stereocenters. The molecule has 0 radical (unpaired) electrons. The molecule has 3 amide bonds. The third-order valence-corrected chi connectivity index (χ3v) is 3.56. The standard InChI is InChI=1S/C13H23N3O4/c1-3-15(4-2)11(17)9-14-13(20)16-8-6-5-7-10(16)12(18)19/h10H,3-9H2,1-2H3,(H,14,20)(H,18,19). The van der Waals surface area contributed by atoms with Gasteiger partial charge in [0.2, 0.25) is 5.91 Å². The number of piperidine rings is 1. The van der Waals surface area contributed by atoms with Crippen LogP contribution in [-0.2, 0) is 9.59 Å². The molecule has 0 spiro atoms. The lowest BCUT2D eigenvalue weighted by molar-refractivity contribution is -0.143. The van der Waals surface area contributed by atoms with E-state index in [0.717, 1.165) is 12.8 Å². The zero-order chi connectivity index (χ0) is 15.1. The number of carbonyl (C=O) groups excluding carboxylic acids is 2. The summed E-state index contributed by atoms with van der Waals surface area (Å²) in [5, 5.41) is 11.6. The molecule has 1 aliphatic rings. The van der Waals surface area contributed by atoms with Crippen molar-refractivity contribution < 1.29 is 19.5 Å². The Morgan fingerprint density at radius 3 is 2.45 bits per heavy atom. The number of likely N-dealkylation sites (N-methyl/N-ethyl adjacent to an activating group) is 1. The Morgan fingerprint density at radius 1 is 1.25 bits per heavy atom. The number of amides is 3. The van der Waals surface area contributed by atoms with Gasteiger partial charge in [-0.05, 0) is 33.1 Å². The summed E-state index contributed by atoms with van der Waals surface area (Å²) in [7, 11) is 0. The smallest absolute Gasteiger partial charge is 0.326 e. The van der Waals surface area contributed by atoms with Gasteiger partial charge in [0.05, 0.1) is 6.54 Å². The zero-order valence-electron chi connectivity index (χ0n) is 12.1. The maximum absolute atomic E-state index is 12.0. The van der Waals surface area contributed by atoms with Gasteiger partial charge in [-0.15, -0.1) is 0 Å². The van der Waals surface area contributed by atoms with E-state index in [9.17, 15) is 14.4 Å². The summed E-state index contributed by atoms with van der Waals surface area (Å²) in [5.41, 5.74) is 0. The van der Waals surface area contributed by atoms with Crippen LogP contribution in [0.25, 0.3) is 0 Å². The Labute approximate surface area is 118 Å². The number of carbonyl (C=O) groups is 3. The average molecular weight is 285 g/mol. The topological polar surface area (TPSA) is 90.0 Å². The van der Waals surface area contributed by atoms with Crippen molar-refractivity contribution in [1.82, 2.24) is 15.1 Å². The van der Waals surface area contributed by atoms with Crippen molar-refractivity contribution in [1.29, 1.82) is 0 Å². The molecule has 20 heavy (non-hydrogen) atoms. The quantitative estimate of drug-likeness (QED) is 0.770. The molecule has 1 fully saturated rings. The number of nitrogens with one attached hydrogen (secondary N) is 1. The number of nitrogens with zero attached hydrogens (tertiary/aromatic N) is 2. The molecule has 0 aromatic carbocycles. The van der Waals surface area contributed by atoms with Crippen LogP contribution in [0.3, 0.4) is 0 Å². The largest absolute Gasteiger partial charge is 0.480 e. The molecule has 0 bridgehead atoms. The maximum Gasteiger partial charge on any atom is 0.326 e. The number of likely N-dealkylation sites (tertiary alicyclic amines) is 1. The molecule has 2 N–H and O–H groups in total. The van der Waals surface area contributed by atoms with Gasteiger partial charge in [0, 0.05) is 19.6 Å². The van der Waals surface area contributed by atoms with E-state index in [4.69, 9.17) is 5.11 Å². The summed E-state index contributed by atoms with van der Waals surface area (Å²) < 4.78 is 0. The van der Waals surface area contributed by atoms with Crippen LogP contribution in [0, 0.1) is 0 Å². The van der Waals surface area contributed by atoms with Gasteiger partial charge in [-0.3, -0.25) is 4.79 Å². The Hall–Kier alpha value is -1.79. The van der Waals surface area contributed by atoms with Crippen molar-refractivity contribution in [3.8, 4) is 0 Å². The third kappa shape index (κ3) is 4.11. The lowest BCUT2D eigenvalue weighted by atomic mass is 10.0. The molecular formula is C13H23N3O4. The van der Waals surface area contributed by atoms with Gasteiger partial charge >= 0.3 is 12.0 Å². The first-order valence-corrected chi connectivity index (χ1v) is 7.06. The van der Waals surface area contributed by atoms with Gasteiger partial charge in [-0.25, -0.2) is 9.59 Å². The number of aliphatic carboxylic acids is 1. The fourth-order valence-electron chi connectivity index (χ4n) is 2.37. The summed E-state index contributed by atoms with van der Waals surface area (Å²) >= 11 is 0. The number of carboxylic acids is 1. The molecule has 0 aromatic rings. The van der Waals surface area contributed by atoms with Crippen LogP contribution >= 0.6 is 0 Å². The zero-order valence-corrected chi connectivity index (χ0v) is 12.1. The van der Waals surface area contributed by atoms with E-state index in [2.05, 4.69) is 5.32 Å². The second-order valence-corrected chi connectivity index (χ2v) is 4.77. The van der Waals surface area contributed by atoms with Gasteiger partial charge in [0.15, 0.2) is 0 Å². The molecular weight excluding hydrogens is 262 g/mol. The molecule has 1 rings (SSSR count). The van der Waals surface area contributed by atoms with E-state index in [1.165, 1.54) is 4.90 Å². The highest BCUT2D eigenvalue weighted by Crippen LogP contribution is 2.17. The van der Waals surface area contributed by atoms with E-state index in [1.54, 1.807) is 4.90 Å². The minimum absolute atomic E-state index is 0.0939. The number of carboxylic acid groups (broad SMARTS) is 1. The highest BCUT2D eigenvalue weighted by atomic mass is 16.4. The predicted octanol–water partition coefficient (Wildman–Crippen LogP) is 0.504. The second-order valence-electron chi connectivity index (χ2n) is 4.77. The number of rotatable bonds is 5. The van der Waals surface area contributed by atoms with E-state index in [0.29, 0.717) is 26.1 Å². The average Bonchev–Trinajstić information content (AvgIpc) is 2.46. The van der Waals surface area contributed by atoms with E-state index in [1.807, 2.05) is 13.8 Å². The molecule has 0 saturated carbocycles. The molecule has 7 nitrogen and oxygen atoms in total. The van der Waals surface area contributed by atoms with Crippen molar-refractivity contribution in [2.45, 2.75) is 39.2 Å². The molecule has 0 aliphatic carbocycles. The fraction of sp³-hybridized carbons (Fsp3) is 0.769. The third-order valence-electron chi connectivity index (χ3n) is 3.56. The highest BCUT2D eigenvalue weighted by molar-refractivity contribution is 5.86. The van der Waals surface area contributed by atoms with Crippen LogP contribution in [0.5, 0.6) is 0 Å². The Morgan fingerprint density at radius 2 is 1.90 bits per heavy atom. The summed E-state index contributed by atoms with van der Waals surface area (Å²) in [6.45, 7) is 5.24. The first kappa shape index (κ1) is 16.3. The van der Waals surface area contributed by atoms with Crippen LogP contribution in [0.4, 0.5) is 4.79 Å². The highest BCUT2D eigenvalue weighted by Gasteiger charge is 2.32. The first-order chi connectivity index (χ1) is 9.51. The van der Waals surface area contributed by atoms with Crippen LogP contribution in [0.1, 0.15) is 33.1 Å². The minimum Gasteiger partial charge on any atom is -0.480 e. The summed E-state index contributed by atoms with van der Waals surface area (Å²) in [6.07, 6.45) is 2.06.